The molecule has 0 radical (unpaired) electrons. The monoisotopic (exact) mass is 439 g/mol. The van der Waals surface area contributed by atoms with Crippen molar-refractivity contribution in [2.75, 3.05) is 13.7 Å². The van der Waals surface area contributed by atoms with Gasteiger partial charge >= 0.3 is 10.4 Å². The summed E-state index contributed by atoms with van der Waals surface area (Å²) >= 11 is 0.708. The predicted octanol–water partition coefficient (Wildman–Crippen LogP) is -1.10. The molecule has 1 saturated heterocycles. The van der Waals surface area contributed by atoms with E-state index in [4.69, 9.17) is 14.0 Å². The number of hydrogen-bond acceptors (Lipinski definition) is 11. The van der Waals surface area contributed by atoms with Gasteiger partial charge in [-0.15, -0.1) is 0 Å². The van der Waals surface area contributed by atoms with Gasteiger partial charge in [0.25, 0.3) is 0 Å². The van der Waals surface area contributed by atoms with Crippen LogP contribution in [0.1, 0.15) is 5.56 Å². The van der Waals surface area contributed by atoms with Crippen molar-refractivity contribution in [2.24, 2.45) is 5.16 Å². The van der Waals surface area contributed by atoms with E-state index < -0.39 is 46.9 Å². The zero-order valence-corrected chi connectivity index (χ0v) is 16.3. The molecule has 11 nitrogen and oxygen atoms in total. The third kappa shape index (κ3) is 6.28. The van der Waals surface area contributed by atoms with Crippen LogP contribution in [0.3, 0.4) is 0 Å². The molecule has 1 aromatic rings. The third-order valence-corrected chi connectivity index (χ3v) is 5.22. The second-order valence-corrected chi connectivity index (χ2v) is 8.00. The van der Waals surface area contributed by atoms with Crippen LogP contribution in [0.25, 0.3) is 0 Å². The van der Waals surface area contributed by atoms with E-state index in [0.717, 1.165) is 0 Å². The molecule has 0 aliphatic carbocycles. The summed E-state index contributed by atoms with van der Waals surface area (Å²) in [5.41, 5.74) is -0.534. The summed E-state index contributed by atoms with van der Waals surface area (Å²) in [7, 11) is -3.37. The van der Waals surface area contributed by atoms with Crippen LogP contribution in [0.4, 0.5) is 0 Å². The quantitative estimate of drug-likeness (QED) is 0.151. The van der Waals surface area contributed by atoms with E-state index in [9.17, 15) is 28.8 Å². The minimum absolute atomic E-state index is 0.0212. The summed E-state index contributed by atoms with van der Waals surface area (Å²) in [5, 5.41) is 42.4. The van der Waals surface area contributed by atoms with Gasteiger partial charge in [-0.2, -0.15) is 8.42 Å². The first-order chi connectivity index (χ1) is 13.1. The number of benzene rings is 1. The molecule has 0 unspecified atom stereocenters. The molecule has 0 bridgehead atoms. The minimum Gasteiger partial charge on any atom is -0.497 e. The van der Waals surface area contributed by atoms with Gasteiger partial charge in [-0.05, 0) is 17.7 Å². The van der Waals surface area contributed by atoms with Crippen LogP contribution in [-0.4, -0.2) is 82.0 Å². The van der Waals surface area contributed by atoms with Crippen molar-refractivity contribution in [1.29, 1.82) is 0 Å². The van der Waals surface area contributed by atoms with Crippen LogP contribution >= 0.6 is 11.8 Å². The fraction of sp³-hybridized carbons (Fsp3) is 0.533. The maximum absolute atomic E-state index is 10.8. The van der Waals surface area contributed by atoms with Crippen LogP contribution in [0.2, 0.25) is 0 Å². The van der Waals surface area contributed by atoms with Gasteiger partial charge < -0.3 is 29.9 Å². The van der Waals surface area contributed by atoms with E-state index in [1.165, 1.54) is 7.11 Å². The summed E-state index contributed by atoms with van der Waals surface area (Å²) in [6.45, 7) is -0.617. The molecular weight excluding hydrogens is 418 g/mol. The van der Waals surface area contributed by atoms with Crippen LogP contribution in [-0.2, 0) is 25.8 Å². The Kier molecular flexibility index (Phi) is 8.03. The highest BCUT2D eigenvalue weighted by Gasteiger charge is 2.44. The number of rotatable bonds is 7. The maximum atomic E-state index is 10.8. The fourth-order valence-corrected chi connectivity index (χ4v) is 3.73. The number of thioether (sulfide) groups is 1. The van der Waals surface area contributed by atoms with E-state index in [1.54, 1.807) is 24.3 Å². The third-order valence-electron chi connectivity index (χ3n) is 3.85. The number of oxime groups is 1. The standard InChI is InChI=1S/C15H21NO10S2/c1-24-9-4-2-8(3-5-9)6-11(16-26-28(21,22)23)27-15-14(20)13(19)12(18)10(7-17)25-15/h2-5,10,12-15,17-20H,6-7H2,1H3,(H,21,22,23)/b16-11-/t10-,12-,13+,14-,15-/m1/s1. The highest BCUT2D eigenvalue weighted by atomic mass is 32.3. The smallest absolute Gasteiger partial charge is 0.466 e. The van der Waals surface area contributed by atoms with Gasteiger partial charge in [-0.1, -0.05) is 29.1 Å². The molecule has 1 aliphatic rings. The molecule has 2 rings (SSSR count). The topological polar surface area (TPSA) is 175 Å². The summed E-state index contributed by atoms with van der Waals surface area (Å²) < 4.78 is 44.9. The van der Waals surface area contributed by atoms with Gasteiger partial charge in [0.2, 0.25) is 0 Å². The number of methoxy groups -OCH3 is 1. The van der Waals surface area contributed by atoms with Gasteiger partial charge in [-0.3, -0.25) is 4.55 Å². The molecule has 28 heavy (non-hydrogen) atoms. The molecule has 0 saturated carbocycles. The fourth-order valence-electron chi connectivity index (χ4n) is 2.40. The minimum atomic E-state index is -4.86. The first-order valence-electron chi connectivity index (χ1n) is 7.97. The number of nitrogens with zero attached hydrogens (tertiary/aromatic N) is 1. The average molecular weight is 439 g/mol. The molecule has 1 heterocycles. The zero-order chi connectivity index (χ0) is 20.9. The molecule has 1 fully saturated rings. The molecule has 0 amide bonds. The molecule has 13 heteroatoms. The SMILES string of the molecule is COc1ccc(C/C(=N/OS(=O)(=O)O)S[C@H]2O[C@H](CO)[C@@H](O)[C@H](O)[C@H]2O)cc1. The first kappa shape index (κ1) is 22.8. The number of aliphatic hydroxyl groups is 4. The zero-order valence-electron chi connectivity index (χ0n) is 14.7. The van der Waals surface area contributed by atoms with E-state index in [-0.39, 0.29) is 11.5 Å². The Bertz CT molecular complexity index is 768. The number of ether oxygens (including phenoxy) is 2. The van der Waals surface area contributed by atoms with Gasteiger partial charge in [0, 0.05) is 6.42 Å². The van der Waals surface area contributed by atoms with Crippen LogP contribution in [0.15, 0.2) is 29.4 Å². The lowest BCUT2D eigenvalue weighted by molar-refractivity contribution is -0.205. The Morgan fingerprint density at radius 2 is 1.82 bits per heavy atom. The predicted molar refractivity (Wildman–Crippen MR) is 98.1 cm³/mol. The molecular formula is C15H21NO10S2. The van der Waals surface area contributed by atoms with Crippen LogP contribution < -0.4 is 4.74 Å². The second-order valence-electron chi connectivity index (χ2n) is 5.83. The highest BCUT2D eigenvalue weighted by molar-refractivity contribution is 8.14. The summed E-state index contributed by atoms with van der Waals surface area (Å²) in [6.07, 6.45) is -5.81. The molecule has 1 aliphatic heterocycles. The lowest BCUT2D eigenvalue weighted by atomic mass is 10.0. The van der Waals surface area contributed by atoms with Gasteiger partial charge in [0.05, 0.1) is 13.7 Å². The van der Waals surface area contributed by atoms with Crippen molar-refractivity contribution in [2.45, 2.75) is 36.3 Å². The van der Waals surface area contributed by atoms with E-state index >= 15 is 0 Å². The van der Waals surface area contributed by atoms with Gasteiger partial charge in [0.1, 0.15) is 40.6 Å². The van der Waals surface area contributed by atoms with E-state index in [1.807, 2.05) is 0 Å². The maximum Gasteiger partial charge on any atom is 0.466 e. The Morgan fingerprint density at radius 1 is 1.18 bits per heavy atom. The number of aliphatic hydroxyl groups excluding tert-OH is 4. The Balaban J connectivity index is 2.20. The van der Waals surface area contributed by atoms with Gasteiger partial charge in [0.15, 0.2) is 0 Å². The van der Waals surface area contributed by atoms with Crippen molar-refractivity contribution in [3.05, 3.63) is 29.8 Å². The van der Waals surface area contributed by atoms with Crippen molar-refractivity contribution in [1.82, 2.24) is 0 Å². The number of hydrogen-bond donors (Lipinski definition) is 5. The lowest BCUT2D eigenvalue weighted by Crippen LogP contribution is -2.57. The van der Waals surface area contributed by atoms with Crippen LogP contribution in [0, 0.1) is 0 Å². The molecule has 1 aromatic carbocycles. The van der Waals surface area contributed by atoms with Gasteiger partial charge in [-0.25, -0.2) is 4.28 Å². The Morgan fingerprint density at radius 3 is 2.36 bits per heavy atom. The normalized spacial score (nSPS) is 28.8. The summed E-state index contributed by atoms with van der Waals surface area (Å²) in [6, 6.07) is 6.68. The Labute approximate surface area is 165 Å². The van der Waals surface area contributed by atoms with Crippen LogP contribution in [0.5, 0.6) is 5.75 Å². The van der Waals surface area contributed by atoms with Crippen molar-refractivity contribution >= 4 is 27.2 Å². The highest BCUT2D eigenvalue weighted by Crippen LogP contribution is 2.30. The van der Waals surface area contributed by atoms with E-state index in [2.05, 4.69) is 9.44 Å². The van der Waals surface area contributed by atoms with Crippen molar-refractivity contribution in [3.63, 3.8) is 0 Å². The molecule has 0 spiro atoms. The van der Waals surface area contributed by atoms with Crippen molar-refractivity contribution < 1.29 is 47.2 Å². The molecule has 5 atom stereocenters. The molecule has 0 aromatic heterocycles. The molecule has 158 valence electrons. The lowest BCUT2D eigenvalue weighted by Gasteiger charge is -2.39. The van der Waals surface area contributed by atoms with Crippen molar-refractivity contribution in [3.8, 4) is 5.75 Å². The second kappa shape index (κ2) is 9.84. The Hall–Kier alpha value is -1.45. The summed E-state index contributed by atoms with van der Waals surface area (Å²) in [5.74, 6) is 0.595. The first-order valence-corrected chi connectivity index (χ1v) is 10.2. The van der Waals surface area contributed by atoms with E-state index in [0.29, 0.717) is 23.1 Å². The largest absolute Gasteiger partial charge is 0.497 e. The summed E-state index contributed by atoms with van der Waals surface area (Å²) in [4.78, 5) is 0. The molecule has 5 N–H and O–H groups in total. The average Bonchev–Trinajstić information content (AvgIpc) is 2.66.